The SMILES string of the molecule is CN1CCCNC(C)(c2ccc(C(C)(C)C)cc2)C1. The predicted octanol–water partition coefficient (Wildman–Crippen LogP) is 3.12. The molecule has 1 N–H and O–H groups in total. The van der Waals surface area contributed by atoms with Gasteiger partial charge in [0.25, 0.3) is 0 Å². The molecule has 1 unspecified atom stereocenters. The molecule has 0 spiro atoms. The van der Waals surface area contributed by atoms with E-state index in [9.17, 15) is 0 Å². The highest BCUT2D eigenvalue weighted by Crippen LogP contribution is 2.27. The summed E-state index contributed by atoms with van der Waals surface area (Å²) in [5, 5.41) is 3.72. The summed E-state index contributed by atoms with van der Waals surface area (Å²) in [5.41, 5.74) is 3.10. The molecule has 1 heterocycles. The Labute approximate surface area is 118 Å². The van der Waals surface area contributed by atoms with E-state index >= 15 is 0 Å². The standard InChI is InChI=1S/C17H28N2/c1-16(2,3)14-7-9-15(10-8-14)17(4)13-19(5)12-6-11-18-17/h7-10,18H,6,11-13H2,1-5H3. The van der Waals surface area contributed by atoms with Gasteiger partial charge in [-0.05, 0) is 50.0 Å². The molecule has 1 atom stereocenters. The minimum atomic E-state index is 0.0711. The van der Waals surface area contributed by atoms with Gasteiger partial charge in [-0.25, -0.2) is 0 Å². The van der Waals surface area contributed by atoms with E-state index in [4.69, 9.17) is 0 Å². The second-order valence-corrected chi connectivity index (χ2v) is 7.18. The first-order chi connectivity index (χ1) is 8.81. The molecular formula is C17H28N2. The molecule has 0 radical (unpaired) electrons. The van der Waals surface area contributed by atoms with Crippen LogP contribution in [0.5, 0.6) is 0 Å². The number of benzene rings is 1. The van der Waals surface area contributed by atoms with Crippen LogP contribution in [-0.4, -0.2) is 31.6 Å². The van der Waals surface area contributed by atoms with Crippen LogP contribution in [0.3, 0.4) is 0 Å². The van der Waals surface area contributed by atoms with Gasteiger partial charge in [0, 0.05) is 6.54 Å². The largest absolute Gasteiger partial charge is 0.307 e. The molecule has 1 aliphatic rings. The van der Waals surface area contributed by atoms with Crippen molar-refractivity contribution in [1.82, 2.24) is 10.2 Å². The van der Waals surface area contributed by atoms with Gasteiger partial charge < -0.3 is 10.2 Å². The maximum Gasteiger partial charge on any atom is 0.0534 e. The number of nitrogens with zero attached hydrogens (tertiary/aromatic N) is 1. The van der Waals surface area contributed by atoms with Crippen LogP contribution in [0.1, 0.15) is 45.2 Å². The first-order valence-corrected chi connectivity index (χ1v) is 7.36. The Bertz CT molecular complexity index is 416. The summed E-state index contributed by atoms with van der Waals surface area (Å²) in [4.78, 5) is 2.43. The van der Waals surface area contributed by atoms with Crippen molar-refractivity contribution in [3.8, 4) is 0 Å². The molecule has 1 aromatic rings. The number of hydrogen-bond donors (Lipinski definition) is 1. The van der Waals surface area contributed by atoms with Crippen molar-refractivity contribution in [2.24, 2.45) is 0 Å². The zero-order valence-electron chi connectivity index (χ0n) is 13.1. The van der Waals surface area contributed by atoms with Gasteiger partial charge in [0.1, 0.15) is 0 Å². The number of likely N-dealkylation sites (N-methyl/N-ethyl adjacent to an activating group) is 1. The van der Waals surface area contributed by atoms with Gasteiger partial charge in [0.15, 0.2) is 0 Å². The Morgan fingerprint density at radius 1 is 1.16 bits per heavy atom. The van der Waals surface area contributed by atoms with E-state index in [1.54, 1.807) is 0 Å². The quantitative estimate of drug-likeness (QED) is 0.834. The lowest BCUT2D eigenvalue weighted by Crippen LogP contribution is -2.45. The molecule has 2 heteroatoms. The lowest BCUT2D eigenvalue weighted by molar-refractivity contribution is 0.259. The predicted molar refractivity (Wildman–Crippen MR) is 82.6 cm³/mol. The van der Waals surface area contributed by atoms with Crippen LogP contribution in [0.25, 0.3) is 0 Å². The molecule has 1 aromatic carbocycles. The van der Waals surface area contributed by atoms with Gasteiger partial charge in [0.05, 0.1) is 5.54 Å². The average Bonchev–Trinajstić information content (AvgIpc) is 2.50. The van der Waals surface area contributed by atoms with Crippen molar-refractivity contribution < 1.29 is 0 Å². The normalized spacial score (nSPS) is 26.2. The van der Waals surface area contributed by atoms with Crippen molar-refractivity contribution in [1.29, 1.82) is 0 Å². The molecule has 1 saturated heterocycles. The first-order valence-electron chi connectivity index (χ1n) is 7.36. The Morgan fingerprint density at radius 3 is 2.37 bits per heavy atom. The number of rotatable bonds is 1. The summed E-state index contributed by atoms with van der Waals surface area (Å²) in [7, 11) is 2.22. The van der Waals surface area contributed by atoms with Gasteiger partial charge in [0.2, 0.25) is 0 Å². The fourth-order valence-corrected chi connectivity index (χ4v) is 2.92. The van der Waals surface area contributed by atoms with Crippen molar-refractivity contribution in [2.45, 2.75) is 45.1 Å². The number of hydrogen-bond acceptors (Lipinski definition) is 2. The van der Waals surface area contributed by atoms with E-state index in [0.717, 1.165) is 13.1 Å². The van der Waals surface area contributed by atoms with Crippen molar-refractivity contribution >= 4 is 0 Å². The molecule has 0 saturated carbocycles. The summed E-state index contributed by atoms with van der Waals surface area (Å²) >= 11 is 0. The Balaban J connectivity index is 2.25. The van der Waals surface area contributed by atoms with Crippen LogP contribution in [0, 0.1) is 0 Å². The van der Waals surface area contributed by atoms with E-state index < -0.39 is 0 Å². The summed E-state index contributed by atoms with van der Waals surface area (Å²) in [5.74, 6) is 0. The smallest absolute Gasteiger partial charge is 0.0534 e. The summed E-state index contributed by atoms with van der Waals surface area (Å²) in [6.45, 7) is 12.5. The third kappa shape index (κ3) is 3.37. The first kappa shape index (κ1) is 14.5. The Kier molecular flexibility index (Phi) is 4.03. The van der Waals surface area contributed by atoms with E-state index in [0.29, 0.717) is 0 Å². The molecule has 1 aliphatic heterocycles. The van der Waals surface area contributed by atoms with Crippen LogP contribution >= 0.6 is 0 Å². The van der Waals surface area contributed by atoms with Gasteiger partial charge >= 0.3 is 0 Å². The molecule has 2 rings (SSSR count). The molecule has 2 nitrogen and oxygen atoms in total. The van der Waals surface area contributed by atoms with Crippen LogP contribution in [0.4, 0.5) is 0 Å². The Morgan fingerprint density at radius 2 is 1.79 bits per heavy atom. The van der Waals surface area contributed by atoms with Gasteiger partial charge in [-0.2, -0.15) is 0 Å². The highest BCUT2D eigenvalue weighted by atomic mass is 15.2. The summed E-state index contributed by atoms with van der Waals surface area (Å²) in [6, 6.07) is 9.17. The molecular weight excluding hydrogens is 232 g/mol. The molecule has 0 bridgehead atoms. The van der Waals surface area contributed by atoms with Crippen LogP contribution in [-0.2, 0) is 11.0 Å². The van der Waals surface area contributed by atoms with E-state index in [2.05, 4.69) is 69.2 Å². The lowest BCUT2D eigenvalue weighted by atomic mass is 9.84. The topological polar surface area (TPSA) is 15.3 Å². The monoisotopic (exact) mass is 260 g/mol. The van der Waals surface area contributed by atoms with E-state index in [-0.39, 0.29) is 11.0 Å². The van der Waals surface area contributed by atoms with Crippen molar-refractivity contribution in [3.05, 3.63) is 35.4 Å². The third-order valence-electron chi connectivity index (χ3n) is 4.21. The van der Waals surface area contributed by atoms with Crippen LogP contribution < -0.4 is 5.32 Å². The van der Waals surface area contributed by atoms with Gasteiger partial charge in [-0.3, -0.25) is 0 Å². The van der Waals surface area contributed by atoms with Gasteiger partial charge in [-0.15, -0.1) is 0 Å². The fraction of sp³-hybridized carbons (Fsp3) is 0.647. The lowest BCUT2D eigenvalue weighted by Gasteiger charge is -2.33. The third-order valence-corrected chi connectivity index (χ3v) is 4.21. The van der Waals surface area contributed by atoms with Crippen LogP contribution in [0.2, 0.25) is 0 Å². The second-order valence-electron chi connectivity index (χ2n) is 7.18. The summed E-state index contributed by atoms with van der Waals surface area (Å²) in [6.07, 6.45) is 1.23. The van der Waals surface area contributed by atoms with Crippen molar-refractivity contribution in [3.63, 3.8) is 0 Å². The van der Waals surface area contributed by atoms with E-state index in [1.165, 1.54) is 24.1 Å². The summed E-state index contributed by atoms with van der Waals surface area (Å²) < 4.78 is 0. The maximum atomic E-state index is 3.72. The highest BCUT2D eigenvalue weighted by molar-refractivity contribution is 5.32. The minimum absolute atomic E-state index is 0.0711. The maximum absolute atomic E-state index is 3.72. The fourth-order valence-electron chi connectivity index (χ4n) is 2.92. The molecule has 0 aliphatic carbocycles. The molecule has 0 aromatic heterocycles. The Hall–Kier alpha value is -0.860. The zero-order chi connectivity index (χ0) is 14.1. The van der Waals surface area contributed by atoms with Crippen LogP contribution in [0.15, 0.2) is 24.3 Å². The van der Waals surface area contributed by atoms with Crippen molar-refractivity contribution in [2.75, 3.05) is 26.7 Å². The average molecular weight is 260 g/mol. The molecule has 1 fully saturated rings. The molecule has 0 amide bonds. The van der Waals surface area contributed by atoms with Gasteiger partial charge in [-0.1, -0.05) is 45.0 Å². The highest BCUT2D eigenvalue weighted by Gasteiger charge is 2.29. The molecule has 19 heavy (non-hydrogen) atoms. The van der Waals surface area contributed by atoms with E-state index in [1.807, 2.05) is 0 Å². The molecule has 106 valence electrons. The second kappa shape index (κ2) is 5.26. The minimum Gasteiger partial charge on any atom is -0.307 e. The zero-order valence-corrected chi connectivity index (χ0v) is 13.1. The number of nitrogens with one attached hydrogen (secondary N) is 1.